The Morgan fingerprint density at radius 1 is 1.13 bits per heavy atom. The van der Waals surface area contributed by atoms with Gasteiger partial charge in [-0.1, -0.05) is 0 Å². The van der Waals surface area contributed by atoms with Crippen LogP contribution in [0.2, 0.25) is 0 Å². The standard InChI is InChI=1S/C13H12N4O4.CH4O/c1-21-8-2-3-10-9(5-8)12(19)16-17(10)6-7-4-11(18)15-13(20)14-7;1-2/h2-5H,6H2,1H3,(H,16,19)(H2,14,15,18,20);2H,1H3. The lowest BCUT2D eigenvalue weighted by atomic mass is 10.2. The Morgan fingerprint density at radius 2 is 1.87 bits per heavy atom. The molecule has 9 heteroatoms. The molecule has 122 valence electrons. The van der Waals surface area contributed by atoms with Gasteiger partial charge in [0.2, 0.25) is 0 Å². The van der Waals surface area contributed by atoms with Gasteiger partial charge in [0.05, 0.1) is 24.6 Å². The van der Waals surface area contributed by atoms with Gasteiger partial charge < -0.3 is 14.8 Å². The summed E-state index contributed by atoms with van der Waals surface area (Å²) in [4.78, 5) is 39.0. The van der Waals surface area contributed by atoms with E-state index in [2.05, 4.69) is 15.1 Å². The topological polar surface area (TPSA) is 133 Å². The van der Waals surface area contributed by atoms with Gasteiger partial charge in [0.25, 0.3) is 11.1 Å². The van der Waals surface area contributed by atoms with Crippen molar-refractivity contribution in [1.82, 2.24) is 19.7 Å². The average Bonchev–Trinajstić information content (AvgIpc) is 2.84. The third-order valence-electron chi connectivity index (χ3n) is 3.12. The van der Waals surface area contributed by atoms with Gasteiger partial charge in [-0.05, 0) is 18.2 Å². The zero-order chi connectivity index (χ0) is 17.0. The molecule has 3 rings (SSSR count). The lowest BCUT2D eigenvalue weighted by Crippen LogP contribution is -2.24. The van der Waals surface area contributed by atoms with Crippen LogP contribution in [0.1, 0.15) is 5.69 Å². The molecule has 4 N–H and O–H groups in total. The number of benzene rings is 1. The normalized spacial score (nSPS) is 10.2. The fraction of sp³-hybridized carbons (Fsp3) is 0.214. The van der Waals surface area contributed by atoms with Gasteiger partial charge in [-0.15, -0.1) is 0 Å². The van der Waals surface area contributed by atoms with Gasteiger partial charge in [-0.3, -0.25) is 24.4 Å². The van der Waals surface area contributed by atoms with Crippen molar-refractivity contribution in [2.45, 2.75) is 6.54 Å². The summed E-state index contributed by atoms with van der Waals surface area (Å²) in [7, 11) is 2.52. The Labute approximate surface area is 129 Å². The van der Waals surface area contributed by atoms with Crippen molar-refractivity contribution in [3.63, 3.8) is 0 Å². The maximum atomic E-state index is 11.9. The maximum absolute atomic E-state index is 11.9. The molecule has 0 bridgehead atoms. The highest BCUT2D eigenvalue weighted by Crippen LogP contribution is 2.18. The van der Waals surface area contributed by atoms with E-state index >= 15 is 0 Å². The summed E-state index contributed by atoms with van der Waals surface area (Å²) in [6.07, 6.45) is 0. The number of nitrogens with one attached hydrogen (secondary N) is 3. The molecule has 3 aromatic rings. The van der Waals surface area contributed by atoms with E-state index in [-0.39, 0.29) is 12.1 Å². The number of aromatic amines is 3. The summed E-state index contributed by atoms with van der Waals surface area (Å²) in [5, 5.41) is 10.1. The first kappa shape index (κ1) is 16.3. The molecule has 0 aliphatic rings. The molecule has 0 fully saturated rings. The highest BCUT2D eigenvalue weighted by Gasteiger charge is 2.09. The molecular weight excluding hydrogens is 304 g/mol. The van der Waals surface area contributed by atoms with E-state index in [1.54, 1.807) is 22.9 Å². The summed E-state index contributed by atoms with van der Waals surface area (Å²) in [5.41, 5.74) is -0.294. The summed E-state index contributed by atoms with van der Waals surface area (Å²) in [6.45, 7) is 0.171. The number of aliphatic hydroxyl groups is 1. The molecule has 9 nitrogen and oxygen atoms in total. The van der Waals surface area contributed by atoms with E-state index in [1.165, 1.54) is 13.2 Å². The number of aromatic nitrogens is 4. The van der Waals surface area contributed by atoms with E-state index in [1.807, 2.05) is 0 Å². The van der Waals surface area contributed by atoms with E-state index in [9.17, 15) is 14.4 Å². The number of methoxy groups -OCH3 is 1. The van der Waals surface area contributed by atoms with Crippen LogP contribution in [0.4, 0.5) is 0 Å². The van der Waals surface area contributed by atoms with Crippen LogP contribution < -0.4 is 21.5 Å². The van der Waals surface area contributed by atoms with Crippen molar-refractivity contribution in [1.29, 1.82) is 0 Å². The summed E-state index contributed by atoms with van der Waals surface area (Å²) in [5.74, 6) is 0.579. The number of aliphatic hydroxyl groups excluding tert-OH is 1. The highest BCUT2D eigenvalue weighted by molar-refractivity contribution is 5.80. The maximum Gasteiger partial charge on any atom is 0.325 e. The number of ether oxygens (including phenoxy) is 1. The number of rotatable bonds is 3. The van der Waals surface area contributed by atoms with Gasteiger partial charge in [0.1, 0.15) is 5.75 Å². The second-order valence-electron chi connectivity index (χ2n) is 4.52. The Morgan fingerprint density at radius 3 is 2.52 bits per heavy atom. The third-order valence-corrected chi connectivity index (χ3v) is 3.12. The fourth-order valence-corrected chi connectivity index (χ4v) is 2.20. The van der Waals surface area contributed by atoms with E-state index in [0.717, 1.165) is 7.11 Å². The average molecular weight is 320 g/mol. The Balaban J connectivity index is 0.000000924. The molecular formula is C14H16N4O5. The number of hydrogen-bond acceptors (Lipinski definition) is 5. The van der Waals surface area contributed by atoms with Crippen LogP contribution in [0.3, 0.4) is 0 Å². The van der Waals surface area contributed by atoms with Gasteiger partial charge in [-0.25, -0.2) is 4.79 Å². The minimum atomic E-state index is -0.585. The van der Waals surface area contributed by atoms with Gasteiger partial charge in [-0.2, -0.15) is 0 Å². The number of nitrogens with zero attached hydrogens (tertiary/aromatic N) is 1. The second kappa shape index (κ2) is 6.79. The van der Waals surface area contributed by atoms with Gasteiger partial charge in [0.15, 0.2) is 0 Å². The lowest BCUT2D eigenvalue weighted by molar-refractivity contribution is 0.399. The first-order valence-corrected chi connectivity index (χ1v) is 6.60. The monoisotopic (exact) mass is 320 g/mol. The molecule has 0 unspecified atom stereocenters. The zero-order valence-electron chi connectivity index (χ0n) is 12.5. The zero-order valence-corrected chi connectivity index (χ0v) is 12.5. The first-order valence-electron chi connectivity index (χ1n) is 6.60. The van der Waals surface area contributed by atoms with Crippen LogP contribution in [-0.4, -0.2) is 39.1 Å². The fourth-order valence-electron chi connectivity index (χ4n) is 2.20. The number of fused-ring (bicyclic) bond motifs is 1. The SMILES string of the molecule is CO.COc1ccc2c(c1)c(=O)[nH]n2Cc1cc(=O)[nH]c(=O)[nH]1. The van der Waals surface area contributed by atoms with Crippen LogP contribution in [-0.2, 0) is 6.54 Å². The molecule has 0 atom stereocenters. The van der Waals surface area contributed by atoms with Crippen LogP contribution in [0, 0.1) is 0 Å². The van der Waals surface area contributed by atoms with E-state index < -0.39 is 11.2 Å². The summed E-state index contributed by atoms with van der Waals surface area (Å²) < 4.78 is 6.64. The largest absolute Gasteiger partial charge is 0.497 e. The third kappa shape index (κ3) is 3.40. The molecule has 0 saturated carbocycles. The summed E-state index contributed by atoms with van der Waals surface area (Å²) >= 11 is 0. The molecule has 0 aliphatic heterocycles. The molecule has 0 aliphatic carbocycles. The lowest BCUT2D eigenvalue weighted by Gasteiger charge is -2.04. The minimum absolute atomic E-state index is 0.171. The smallest absolute Gasteiger partial charge is 0.325 e. The van der Waals surface area contributed by atoms with Gasteiger partial charge >= 0.3 is 5.69 Å². The molecule has 0 spiro atoms. The summed E-state index contributed by atoms with van der Waals surface area (Å²) in [6, 6.07) is 6.37. The molecule has 2 aromatic heterocycles. The quantitative estimate of drug-likeness (QED) is 0.510. The van der Waals surface area contributed by atoms with Crippen molar-refractivity contribution in [2.24, 2.45) is 0 Å². The van der Waals surface area contributed by atoms with Crippen LogP contribution in [0.25, 0.3) is 10.9 Å². The Hall–Kier alpha value is -3.07. The molecule has 0 amide bonds. The molecule has 0 saturated heterocycles. The number of hydrogen-bond donors (Lipinski definition) is 4. The van der Waals surface area contributed by atoms with Gasteiger partial charge in [0, 0.05) is 18.9 Å². The molecule has 1 aromatic carbocycles. The highest BCUT2D eigenvalue weighted by atomic mass is 16.5. The molecule has 2 heterocycles. The minimum Gasteiger partial charge on any atom is -0.497 e. The van der Waals surface area contributed by atoms with E-state index in [4.69, 9.17) is 9.84 Å². The van der Waals surface area contributed by atoms with Crippen molar-refractivity contribution in [3.05, 3.63) is 61.2 Å². The predicted molar refractivity (Wildman–Crippen MR) is 84.0 cm³/mol. The van der Waals surface area contributed by atoms with Crippen molar-refractivity contribution in [2.75, 3.05) is 14.2 Å². The van der Waals surface area contributed by atoms with Crippen molar-refractivity contribution in [3.8, 4) is 5.75 Å². The van der Waals surface area contributed by atoms with Crippen LogP contribution in [0.15, 0.2) is 38.6 Å². The van der Waals surface area contributed by atoms with Crippen LogP contribution >= 0.6 is 0 Å². The van der Waals surface area contributed by atoms with Crippen molar-refractivity contribution >= 4 is 10.9 Å². The second-order valence-corrected chi connectivity index (χ2v) is 4.52. The molecule has 23 heavy (non-hydrogen) atoms. The Kier molecular flexibility index (Phi) is 4.82. The Bertz CT molecular complexity index is 951. The first-order chi connectivity index (χ1) is 11.1. The molecule has 0 radical (unpaired) electrons. The van der Waals surface area contributed by atoms with E-state index in [0.29, 0.717) is 22.3 Å². The van der Waals surface area contributed by atoms with Crippen molar-refractivity contribution < 1.29 is 9.84 Å². The van der Waals surface area contributed by atoms with Crippen LogP contribution in [0.5, 0.6) is 5.75 Å². The predicted octanol–water partition coefficient (Wildman–Crippen LogP) is -0.628. The number of H-pyrrole nitrogens is 3.